The molecule has 104 valence electrons. The first-order valence-electron chi connectivity index (χ1n) is 6.23. The van der Waals surface area contributed by atoms with Crippen molar-refractivity contribution in [3.05, 3.63) is 62.5 Å². The number of anilines is 1. The molecule has 2 aromatic carbocycles. The first-order valence-corrected chi connectivity index (χ1v) is 7.82. The normalized spacial score (nSPS) is 10.4. The van der Waals surface area contributed by atoms with Gasteiger partial charge in [0.1, 0.15) is 0 Å². The summed E-state index contributed by atoms with van der Waals surface area (Å²) in [5.74, 6) is 0.0774. The summed E-state index contributed by atoms with van der Waals surface area (Å²) in [4.78, 5) is 13.8. The highest BCUT2D eigenvalue weighted by Gasteiger charge is 2.12. The highest BCUT2D eigenvalue weighted by atomic mass is 79.9. The standard InChI is InChI=1S/C16H15Br2NO/c1-11(20)15-7-6-14(18)9-16(15)19(2)10-12-4-3-5-13(17)8-12/h3-9H,10H2,1-2H3. The molecule has 2 aromatic rings. The summed E-state index contributed by atoms with van der Waals surface area (Å²) in [6.07, 6.45) is 0. The van der Waals surface area contributed by atoms with Crippen LogP contribution >= 0.6 is 31.9 Å². The second kappa shape index (κ2) is 6.55. The molecule has 0 N–H and O–H groups in total. The molecule has 0 saturated heterocycles. The van der Waals surface area contributed by atoms with Crippen molar-refractivity contribution >= 4 is 43.3 Å². The molecule has 0 amide bonds. The lowest BCUT2D eigenvalue weighted by Crippen LogP contribution is -2.19. The molecular formula is C16H15Br2NO. The second-order valence-corrected chi connectivity index (χ2v) is 6.53. The quantitative estimate of drug-likeness (QED) is 0.674. The van der Waals surface area contributed by atoms with Gasteiger partial charge in [-0.1, -0.05) is 44.0 Å². The van der Waals surface area contributed by atoms with Crippen LogP contribution in [0.3, 0.4) is 0 Å². The number of benzene rings is 2. The molecule has 0 unspecified atom stereocenters. The Labute approximate surface area is 136 Å². The molecule has 2 rings (SSSR count). The van der Waals surface area contributed by atoms with Crippen LogP contribution in [-0.4, -0.2) is 12.8 Å². The van der Waals surface area contributed by atoms with E-state index in [4.69, 9.17) is 0 Å². The van der Waals surface area contributed by atoms with Gasteiger partial charge < -0.3 is 4.90 Å². The van der Waals surface area contributed by atoms with Crippen molar-refractivity contribution in [3.8, 4) is 0 Å². The van der Waals surface area contributed by atoms with Crippen LogP contribution in [0.4, 0.5) is 5.69 Å². The van der Waals surface area contributed by atoms with Crippen molar-refractivity contribution in [1.29, 1.82) is 0 Å². The third-order valence-corrected chi connectivity index (χ3v) is 4.05. The summed E-state index contributed by atoms with van der Waals surface area (Å²) in [5, 5.41) is 0. The van der Waals surface area contributed by atoms with E-state index in [0.717, 1.165) is 26.7 Å². The Balaban J connectivity index is 2.31. The van der Waals surface area contributed by atoms with E-state index in [2.05, 4.69) is 48.9 Å². The minimum Gasteiger partial charge on any atom is -0.370 e. The van der Waals surface area contributed by atoms with E-state index >= 15 is 0 Å². The summed E-state index contributed by atoms with van der Waals surface area (Å²) in [6, 6.07) is 13.9. The highest BCUT2D eigenvalue weighted by Crippen LogP contribution is 2.26. The van der Waals surface area contributed by atoms with Crippen LogP contribution in [0.1, 0.15) is 22.8 Å². The zero-order valence-corrected chi connectivity index (χ0v) is 14.5. The average molecular weight is 397 g/mol. The van der Waals surface area contributed by atoms with Gasteiger partial charge in [-0.15, -0.1) is 0 Å². The van der Waals surface area contributed by atoms with E-state index in [0.29, 0.717) is 0 Å². The Morgan fingerprint density at radius 2 is 1.80 bits per heavy atom. The van der Waals surface area contributed by atoms with Crippen molar-refractivity contribution in [3.63, 3.8) is 0 Å². The van der Waals surface area contributed by atoms with Crippen LogP contribution in [0.25, 0.3) is 0 Å². The number of carbonyl (C=O) groups excluding carboxylic acids is 1. The molecule has 0 heterocycles. The number of hydrogen-bond acceptors (Lipinski definition) is 2. The van der Waals surface area contributed by atoms with Crippen molar-refractivity contribution in [2.45, 2.75) is 13.5 Å². The van der Waals surface area contributed by atoms with Crippen molar-refractivity contribution in [2.75, 3.05) is 11.9 Å². The molecule has 0 saturated carbocycles. The highest BCUT2D eigenvalue weighted by molar-refractivity contribution is 9.10. The van der Waals surface area contributed by atoms with Gasteiger partial charge in [0.25, 0.3) is 0 Å². The summed E-state index contributed by atoms with van der Waals surface area (Å²) < 4.78 is 2.03. The maximum Gasteiger partial charge on any atom is 0.161 e. The molecule has 20 heavy (non-hydrogen) atoms. The molecule has 0 aliphatic carbocycles. The van der Waals surface area contributed by atoms with Gasteiger partial charge in [0, 0.05) is 33.8 Å². The summed E-state index contributed by atoms with van der Waals surface area (Å²) in [5.41, 5.74) is 2.87. The molecule has 0 aliphatic heterocycles. The maximum atomic E-state index is 11.7. The van der Waals surface area contributed by atoms with Gasteiger partial charge >= 0.3 is 0 Å². The van der Waals surface area contributed by atoms with Gasteiger partial charge in [-0.2, -0.15) is 0 Å². The molecule has 2 nitrogen and oxygen atoms in total. The van der Waals surface area contributed by atoms with E-state index in [1.807, 2.05) is 37.4 Å². The number of Topliss-reactive ketones (excluding diaryl/α,β-unsaturated/α-hetero) is 1. The fourth-order valence-electron chi connectivity index (χ4n) is 2.11. The Morgan fingerprint density at radius 3 is 2.45 bits per heavy atom. The van der Waals surface area contributed by atoms with Gasteiger partial charge in [0.15, 0.2) is 5.78 Å². The molecule has 0 radical (unpaired) electrons. The SMILES string of the molecule is CC(=O)c1ccc(Br)cc1N(C)Cc1cccc(Br)c1. The third kappa shape index (κ3) is 3.70. The zero-order chi connectivity index (χ0) is 14.7. The number of halogens is 2. The Bertz CT molecular complexity index is 640. The van der Waals surface area contributed by atoms with Crippen molar-refractivity contribution in [1.82, 2.24) is 0 Å². The van der Waals surface area contributed by atoms with Gasteiger partial charge in [0.2, 0.25) is 0 Å². The topological polar surface area (TPSA) is 20.3 Å². The number of rotatable bonds is 4. The van der Waals surface area contributed by atoms with Crippen LogP contribution < -0.4 is 4.90 Å². The zero-order valence-electron chi connectivity index (χ0n) is 11.4. The lowest BCUT2D eigenvalue weighted by atomic mass is 10.1. The molecule has 0 spiro atoms. The monoisotopic (exact) mass is 395 g/mol. The molecule has 0 aromatic heterocycles. The van der Waals surface area contributed by atoms with Crippen LogP contribution in [0, 0.1) is 0 Å². The summed E-state index contributed by atoms with van der Waals surface area (Å²) in [6.45, 7) is 2.34. The van der Waals surface area contributed by atoms with E-state index in [1.54, 1.807) is 6.92 Å². The molecule has 0 aliphatic rings. The van der Waals surface area contributed by atoms with Crippen LogP contribution in [-0.2, 0) is 6.54 Å². The Morgan fingerprint density at radius 1 is 1.10 bits per heavy atom. The third-order valence-electron chi connectivity index (χ3n) is 3.06. The lowest BCUT2D eigenvalue weighted by Gasteiger charge is -2.22. The lowest BCUT2D eigenvalue weighted by molar-refractivity contribution is 0.101. The number of hydrogen-bond donors (Lipinski definition) is 0. The number of carbonyl (C=O) groups is 1. The fraction of sp³-hybridized carbons (Fsp3) is 0.188. The molecule has 0 fully saturated rings. The van der Waals surface area contributed by atoms with Crippen molar-refractivity contribution in [2.24, 2.45) is 0 Å². The number of ketones is 1. The first kappa shape index (κ1) is 15.3. The first-order chi connectivity index (χ1) is 9.47. The van der Waals surface area contributed by atoms with Gasteiger partial charge in [-0.25, -0.2) is 0 Å². The van der Waals surface area contributed by atoms with Crippen molar-refractivity contribution < 1.29 is 4.79 Å². The van der Waals surface area contributed by atoms with Gasteiger partial charge in [-0.3, -0.25) is 4.79 Å². The van der Waals surface area contributed by atoms with Gasteiger partial charge in [-0.05, 0) is 42.8 Å². The van der Waals surface area contributed by atoms with Crippen LogP contribution in [0.2, 0.25) is 0 Å². The van der Waals surface area contributed by atoms with Crippen LogP contribution in [0.5, 0.6) is 0 Å². The summed E-state index contributed by atoms with van der Waals surface area (Å²) >= 11 is 6.94. The van der Waals surface area contributed by atoms with E-state index in [1.165, 1.54) is 5.56 Å². The van der Waals surface area contributed by atoms with Crippen LogP contribution in [0.15, 0.2) is 51.4 Å². The Kier molecular flexibility index (Phi) is 5.00. The molecule has 0 atom stereocenters. The minimum absolute atomic E-state index is 0.0774. The minimum atomic E-state index is 0.0774. The van der Waals surface area contributed by atoms with E-state index in [9.17, 15) is 4.79 Å². The van der Waals surface area contributed by atoms with Gasteiger partial charge in [0.05, 0.1) is 0 Å². The fourth-order valence-corrected chi connectivity index (χ4v) is 2.91. The smallest absolute Gasteiger partial charge is 0.161 e. The Hall–Kier alpha value is -1.13. The second-order valence-electron chi connectivity index (χ2n) is 4.70. The predicted octanol–water partition coefficient (Wildman–Crippen LogP) is 5.05. The van der Waals surface area contributed by atoms with E-state index in [-0.39, 0.29) is 5.78 Å². The maximum absolute atomic E-state index is 11.7. The molecular weight excluding hydrogens is 382 g/mol. The average Bonchev–Trinajstić information content (AvgIpc) is 2.38. The predicted molar refractivity (Wildman–Crippen MR) is 90.4 cm³/mol. The van der Waals surface area contributed by atoms with E-state index < -0.39 is 0 Å². The number of nitrogens with zero attached hydrogens (tertiary/aromatic N) is 1. The summed E-state index contributed by atoms with van der Waals surface area (Å²) in [7, 11) is 2.00. The molecule has 4 heteroatoms. The largest absolute Gasteiger partial charge is 0.370 e. The molecule has 0 bridgehead atoms.